The highest BCUT2D eigenvalue weighted by Gasteiger charge is 2.12. The van der Waals surface area contributed by atoms with Gasteiger partial charge in [0.15, 0.2) is 23.4 Å². The van der Waals surface area contributed by atoms with Crippen LogP contribution < -0.4 is 37.1 Å². The molecule has 37 heavy (non-hydrogen) atoms. The van der Waals surface area contributed by atoms with Gasteiger partial charge in [-0.25, -0.2) is 0 Å². The highest BCUT2D eigenvalue weighted by molar-refractivity contribution is 6.00. The van der Waals surface area contributed by atoms with E-state index in [1.807, 2.05) is 0 Å². The van der Waals surface area contributed by atoms with Crippen LogP contribution in [0.15, 0.2) is 58.5 Å². The summed E-state index contributed by atoms with van der Waals surface area (Å²) in [6, 6.07) is 9.21. The van der Waals surface area contributed by atoms with Crippen LogP contribution >= 0.6 is 0 Å². The number of amides is 2. The molecule has 0 aromatic heterocycles. The minimum atomic E-state index is -0.628. The van der Waals surface area contributed by atoms with Crippen molar-refractivity contribution < 1.29 is 28.7 Å². The summed E-state index contributed by atoms with van der Waals surface area (Å²) in [4.78, 5) is 39.0. The molecule has 0 bridgehead atoms. The smallest absolute Gasteiger partial charge is 0.272 e. The van der Waals surface area contributed by atoms with Gasteiger partial charge in [-0.2, -0.15) is 9.98 Å². The van der Waals surface area contributed by atoms with E-state index < -0.39 is 16.7 Å². The van der Waals surface area contributed by atoms with E-state index >= 15 is 0 Å². The van der Waals surface area contributed by atoms with Gasteiger partial charge >= 0.3 is 0 Å². The molecule has 0 saturated carbocycles. The highest BCUT2D eigenvalue weighted by Crippen LogP contribution is 2.38. The van der Waals surface area contributed by atoms with Crippen molar-refractivity contribution in [3.8, 4) is 17.2 Å². The Labute approximate surface area is 212 Å². The molecule has 0 saturated heterocycles. The summed E-state index contributed by atoms with van der Waals surface area (Å²) < 4.78 is 15.6. The number of hydrogen-bond acceptors (Lipinski definition) is 7. The Balaban J connectivity index is 0.000000375. The molecule has 2 amide bonds. The summed E-state index contributed by atoms with van der Waals surface area (Å²) in [6.45, 7) is 0. The van der Waals surface area contributed by atoms with Crippen LogP contribution in [-0.4, -0.2) is 50.0 Å². The number of methoxy groups -OCH3 is 3. The zero-order valence-corrected chi connectivity index (χ0v) is 20.3. The quantitative estimate of drug-likeness (QED) is 0.127. The number of nitro benzene ring substituents is 1. The van der Waals surface area contributed by atoms with Crippen LogP contribution in [0.2, 0.25) is 0 Å². The van der Waals surface area contributed by atoms with Crippen molar-refractivity contribution in [2.75, 3.05) is 21.3 Å². The van der Waals surface area contributed by atoms with Gasteiger partial charge in [0.25, 0.3) is 17.5 Å². The number of nitrogens with zero attached hydrogens (tertiary/aromatic N) is 3. The first-order chi connectivity index (χ1) is 17.5. The second-order valence-electron chi connectivity index (χ2n) is 6.73. The molecule has 8 N–H and O–H groups in total. The molecule has 2 aromatic rings. The van der Waals surface area contributed by atoms with Crippen molar-refractivity contribution in [1.82, 2.24) is 0 Å². The maximum absolute atomic E-state index is 11.3. The summed E-state index contributed by atoms with van der Waals surface area (Å²) in [5.74, 6) is -0.359. The Kier molecular flexibility index (Phi) is 11.8. The van der Waals surface area contributed by atoms with Crippen LogP contribution in [0, 0.1) is 10.1 Å². The molecular weight excluding hydrogens is 486 g/mol. The number of rotatable bonds is 8. The molecule has 0 radical (unpaired) electrons. The van der Waals surface area contributed by atoms with Gasteiger partial charge in [0.1, 0.15) is 0 Å². The normalized spacial score (nSPS) is 10.1. The van der Waals surface area contributed by atoms with E-state index in [1.54, 1.807) is 24.3 Å². The first-order valence-corrected chi connectivity index (χ1v) is 10.2. The van der Waals surface area contributed by atoms with Crippen molar-refractivity contribution in [2.45, 2.75) is 0 Å². The van der Waals surface area contributed by atoms with E-state index in [2.05, 4.69) is 9.98 Å². The number of guanidine groups is 2. The Morgan fingerprint density at radius 1 is 0.811 bits per heavy atom. The molecule has 14 heteroatoms. The minimum absolute atomic E-state index is 0.0542. The molecule has 14 nitrogen and oxygen atoms in total. The van der Waals surface area contributed by atoms with Gasteiger partial charge in [-0.05, 0) is 35.4 Å². The first kappa shape index (κ1) is 29.6. The fourth-order valence-corrected chi connectivity index (χ4v) is 2.60. The average molecular weight is 514 g/mol. The molecule has 0 heterocycles. The lowest BCUT2D eigenvalue weighted by atomic mass is 10.1. The van der Waals surface area contributed by atoms with Crippen molar-refractivity contribution in [3.05, 3.63) is 69.8 Å². The number of nitrogens with two attached hydrogens (primary N) is 4. The second kappa shape index (κ2) is 14.8. The van der Waals surface area contributed by atoms with Crippen LogP contribution in [0.4, 0.5) is 5.69 Å². The van der Waals surface area contributed by atoms with Gasteiger partial charge in [0, 0.05) is 24.3 Å². The van der Waals surface area contributed by atoms with Crippen LogP contribution in [0.5, 0.6) is 17.2 Å². The first-order valence-electron chi connectivity index (χ1n) is 10.2. The number of aliphatic imine (C=N–C) groups is 2. The monoisotopic (exact) mass is 513 g/mol. The zero-order valence-electron chi connectivity index (χ0n) is 20.3. The zero-order chi connectivity index (χ0) is 28.0. The Morgan fingerprint density at radius 3 is 1.70 bits per heavy atom. The molecule has 0 atom stereocenters. The molecule has 0 aliphatic heterocycles. The molecule has 0 fully saturated rings. The number of non-ortho nitro benzene ring substituents is 1. The molecule has 0 unspecified atom stereocenters. The van der Waals surface area contributed by atoms with Gasteiger partial charge in [-0.15, -0.1) is 0 Å². The van der Waals surface area contributed by atoms with Gasteiger partial charge in [-0.1, -0.05) is 12.1 Å². The van der Waals surface area contributed by atoms with Crippen molar-refractivity contribution in [1.29, 1.82) is 0 Å². The number of carbonyl (C=O) groups excluding carboxylic acids is 2. The Bertz CT molecular complexity index is 1220. The van der Waals surface area contributed by atoms with Crippen LogP contribution in [-0.2, 0) is 9.59 Å². The number of ether oxygens (including phenoxy) is 3. The lowest BCUT2D eigenvalue weighted by molar-refractivity contribution is -0.384. The highest BCUT2D eigenvalue weighted by atomic mass is 16.6. The molecular formula is C23H27N7O7. The third-order valence-electron chi connectivity index (χ3n) is 4.08. The minimum Gasteiger partial charge on any atom is -0.493 e. The molecule has 196 valence electrons. The van der Waals surface area contributed by atoms with Crippen LogP contribution in [0.3, 0.4) is 0 Å². The summed E-state index contributed by atoms with van der Waals surface area (Å²) in [7, 11) is 4.53. The van der Waals surface area contributed by atoms with Crippen molar-refractivity contribution in [3.63, 3.8) is 0 Å². The van der Waals surface area contributed by atoms with Crippen LogP contribution in [0.1, 0.15) is 11.1 Å². The van der Waals surface area contributed by atoms with Gasteiger partial charge in [0.05, 0.1) is 26.3 Å². The lowest BCUT2D eigenvalue weighted by Gasteiger charge is -2.12. The van der Waals surface area contributed by atoms with E-state index in [4.69, 9.17) is 37.1 Å². The maximum atomic E-state index is 11.3. The van der Waals surface area contributed by atoms with Crippen molar-refractivity contribution >= 4 is 41.6 Å². The predicted molar refractivity (Wildman–Crippen MR) is 139 cm³/mol. The van der Waals surface area contributed by atoms with Gasteiger partial charge in [0.2, 0.25) is 5.75 Å². The largest absolute Gasteiger partial charge is 0.493 e. The summed E-state index contributed by atoms with van der Waals surface area (Å²) in [5, 5.41) is 10.5. The molecule has 2 aromatic carbocycles. The van der Waals surface area contributed by atoms with Gasteiger partial charge in [-0.3, -0.25) is 19.7 Å². The summed E-state index contributed by atoms with van der Waals surface area (Å²) in [5.41, 5.74) is 21.4. The maximum Gasteiger partial charge on any atom is 0.272 e. The van der Waals surface area contributed by atoms with E-state index in [-0.39, 0.29) is 17.6 Å². The number of benzene rings is 2. The van der Waals surface area contributed by atoms with Crippen molar-refractivity contribution in [2.24, 2.45) is 32.9 Å². The Morgan fingerprint density at radius 2 is 1.30 bits per heavy atom. The van der Waals surface area contributed by atoms with Crippen LogP contribution in [0.25, 0.3) is 12.2 Å². The van der Waals surface area contributed by atoms with E-state index in [0.717, 1.165) is 6.08 Å². The fraction of sp³-hybridized carbons (Fsp3) is 0.130. The molecule has 0 spiro atoms. The number of nitro groups is 1. The summed E-state index contributed by atoms with van der Waals surface area (Å²) >= 11 is 0. The fourth-order valence-electron chi connectivity index (χ4n) is 2.60. The SMILES string of the molecule is COc1cc(C=CC(=O)N=C(N)N)cc(OC)c1OC.NC(N)=NC(=O)C=Cc1cccc([N+](=O)[O-])c1. The van der Waals surface area contributed by atoms with E-state index in [9.17, 15) is 19.7 Å². The standard InChI is InChI=1S/C13H17N3O4.C10H10N4O3/c1-18-9-6-8(4-5-11(17)16-13(14)15)7-10(19-2)12(9)20-3;11-10(12)13-9(15)5-4-7-2-1-3-8(6-7)14(16)17/h4-7H,1-3H3,(H4,14,15,16,17);1-6H,(H4,11,12,13,15). The topological polar surface area (TPSA) is 234 Å². The lowest BCUT2D eigenvalue weighted by Crippen LogP contribution is -2.23. The second-order valence-corrected chi connectivity index (χ2v) is 6.73. The van der Waals surface area contributed by atoms with E-state index in [0.29, 0.717) is 28.4 Å². The van der Waals surface area contributed by atoms with E-state index in [1.165, 1.54) is 51.7 Å². The number of hydrogen-bond donors (Lipinski definition) is 4. The average Bonchev–Trinajstić information content (AvgIpc) is 2.85. The third kappa shape index (κ3) is 10.6. The molecule has 0 aliphatic carbocycles. The molecule has 0 aliphatic rings. The third-order valence-corrected chi connectivity index (χ3v) is 4.08. The Hall–Kier alpha value is -5.40. The molecule has 2 rings (SSSR count). The number of carbonyl (C=O) groups is 2. The van der Waals surface area contributed by atoms with Gasteiger partial charge < -0.3 is 37.1 Å². The predicted octanol–water partition coefficient (Wildman–Crippen LogP) is 0.934. The summed E-state index contributed by atoms with van der Waals surface area (Å²) in [6.07, 6.45) is 5.29.